The largest absolute Gasteiger partial charge is 0.338 e. The van der Waals surface area contributed by atoms with Crippen LogP contribution in [0.2, 0.25) is 5.02 Å². The van der Waals surface area contributed by atoms with Crippen molar-refractivity contribution in [1.29, 1.82) is 0 Å². The SMILES string of the molecule is CN(CC(=O)Nc1ccccc1Cl)C(=O)[C@H]1CC(=O)N([C@H]2CCS(=O)(=O)C2)C1. The van der Waals surface area contributed by atoms with Gasteiger partial charge in [-0.2, -0.15) is 0 Å². The summed E-state index contributed by atoms with van der Waals surface area (Å²) in [5.41, 5.74) is 0.458. The number of halogens is 1. The molecule has 2 fully saturated rings. The molecule has 10 heteroatoms. The molecule has 0 radical (unpaired) electrons. The van der Waals surface area contributed by atoms with Crippen LogP contribution in [0.25, 0.3) is 0 Å². The molecule has 0 spiro atoms. The van der Waals surface area contributed by atoms with Crippen LogP contribution in [-0.4, -0.2) is 73.6 Å². The highest BCUT2D eigenvalue weighted by atomic mass is 35.5. The second-order valence-electron chi connectivity index (χ2n) is 7.23. The number of nitrogens with zero attached hydrogens (tertiary/aromatic N) is 2. The number of hydrogen-bond acceptors (Lipinski definition) is 5. The number of rotatable bonds is 5. The van der Waals surface area contributed by atoms with Crippen molar-refractivity contribution in [2.75, 3.05) is 37.0 Å². The number of carbonyl (C=O) groups excluding carboxylic acids is 3. The Morgan fingerprint density at radius 3 is 2.68 bits per heavy atom. The highest BCUT2D eigenvalue weighted by Crippen LogP contribution is 2.27. The Bertz CT molecular complexity index is 904. The maximum atomic E-state index is 12.7. The van der Waals surface area contributed by atoms with E-state index < -0.39 is 21.7 Å². The summed E-state index contributed by atoms with van der Waals surface area (Å²) in [5, 5.41) is 3.05. The van der Waals surface area contributed by atoms with Gasteiger partial charge in [0.15, 0.2) is 9.84 Å². The smallest absolute Gasteiger partial charge is 0.244 e. The van der Waals surface area contributed by atoms with E-state index in [-0.39, 0.29) is 48.9 Å². The van der Waals surface area contributed by atoms with Gasteiger partial charge in [0.05, 0.1) is 34.7 Å². The van der Waals surface area contributed by atoms with Crippen molar-refractivity contribution in [3.63, 3.8) is 0 Å². The molecule has 152 valence electrons. The number of sulfone groups is 1. The molecular formula is C18H22ClN3O5S. The third-order valence-electron chi connectivity index (χ3n) is 5.06. The maximum Gasteiger partial charge on any atom is 0.244 e. The molecular weight excluding hydrogens is 406 g/mol. The van der Waals surface area contributed by atoms with Crippen LogP contribution in [0.4, 0.5) is 5.69 Å². The molecule has 1 aromatic rings. The number of nitrogens with one attached hydrogen (secondary N) is 1. The van der Waals surface area contributed by atoms with Crippen molar-refractivity contribution < 1.29 is 22.8 Å². The van der Waals surface area contributed by atoms with Gasteiger partial charge in [-0.05, 0) is 18.6 Å². The van der Waals surface area contributed by atoms with Crippen LogP contribution in [0, 0.1) is 5.92 Å². The summed E-state index contributed by atoms with van der Waals surface area (Å²) < 4.78 is 23.3. The number of anilines is 1. The average Bonchev–Trinajstić information content (AvgIpc) is 3.18. The molecule has 2 aliphatic rings. The summed E-state index contributed by atoms with van der Waals surface area (Å²) in [4.78, 5) is 39.9. The lowest BCUT2D eigenvalue weighted by Crippen LogP contribution is -2.41. The summed E-state index contributed by atoms with van der Waals surface area (Å²) in [6, 6.07) is 6.42. The number of amides is 3. The lowest BCUT2D eigenvalue weighted by atomic mass is 10.1. The van der Waals surface area contributed by atoms with E-state index in [1.165, 1.54) is 16.8 Å². The lowest BCUT2D eigenvalue weighted by Gasteiger charge is -2.24. The molecule has 1 aromatic carbocycles. The summed E-state index contributed by atoms with van der Waals surface area (Å²) in [6.45, 7) is 0.0148. The van der Waals surface area contributed by atoms with Crippen LogP contribution < -0.4 is 5.32 Å². The molecule has 0 unspecified atom stereocenters. The van der Waals surface area contributed by atoms with Gasteiger partial charge >= 0.3 is 0 Å². The molecule has 0 bridgehead atoms. The Morgan fingerprint density at radius 1 is 1.32 bits per heavy atom. The van der Waals surface area contributed by atoms with Gasteiger partial charge in [0.25, 0.3) is 0 Å². The zero-order valence-corrected chi connectivity index (χ0v) is 17.0. The third kappa shape index (κ3) is 4.64. The summed E-state index contributed by atoms with van der Waals surface area (Å²) >= 11 is 6.00. The van der Waals surface area contributed by atoms with E-state index in [1.54, 1.807) is 24.3 Å². The van der Waals surface area contributed by atoms with E-state index >= 15 is 0 Å². The predicted octanol–water partition coefficient (Wildman–Crippen LogP) is 0.772. The van der Waals surface area contributed by atoms with Crippen LogP contribution in [0.5, 0.6) is 0 Å². The molecule has 0 aliphatic carbocycles. The average molecular weight is 428 g/mol. The second-order valence-corrected chi connectivity index (χ2v) is 9.86. The third-order valence-corrected chi connectivity index (χ3v) is 7.14. The molecule has 3 amide bonds. The van der Waals surface area contributed by atoms with Crippen LogP contribution in [0.3, 0.4) is 0 Å². The first-order chi connectivity index (χ1) is 13.2. The summed E-state index contributed by atoms with van der Waals surface area (Å²) in [5.74, 6) is -1.47. The lowest BCUT2D eigenvalue weighted by molar-refractivity contribution is -0.137. The van der Waals surface area contributed by atoms with E-state index in [9.17, 15) is 22.8 Å². The summed E-state index contributed by atoms with van der Waals surface area (Å²) in [7, 11) is -1.61. The van der Waals surface area contributed by atoms with Crippen molar-refractivity contribution in [3.05, 3.63) is 29.3 Å². The van der Waals surface area contributed by atoms with Crippen molar-refractivity contribution in [3.8, 4) is 0 Å². The standard InChI is InChI=1S/C18H22ClN3O5S/c1-21(10-16(23)20-15-5-3-2-4-14(15)19)18(25)12-8-17(24)22(9-12)13-6-7-28(26,27)11-13/h2-5,12-13H,6-11H2,1H3,(H,20,23)/t12-,13-/m0/s1. The Labute approximate surface area is 168 Å². The van der Waals surface area contributed by atoms with E-state index in [2.05, 4.69) is 5.32 Å². The zero-order valence-electron chi connectivity index (χ0n) is 15.4. The van der Waals surface area contributed by atoms with Gasteiger partial charge < -0.3 is 15.1 Å². The van der Waals surface area contributed by atoms with E-state index in [0.29, 0.717) is 17.1 Å². The fourth-order valence-corrected chi connectivity index (χ4v) is 5.54. The number of carbonyl (C=O) groups is 3. The van der Waals surface area contributed by atoms with E-state index in [4.69, 9.17) is 11.6 Å². The highest BCUT2D eigenvalue weighted by Gasteiger charge is 2.42. The first-order valence-electron chi connectivity index (χ1n) is 8.95. The predicted molar refractivity (Wildman–Crippen MR) is 105 cm³/mol. The van der Waals surface area contributed by atoms with Crippen molar-refractivity contribution >= 4 is 44.8 Å². The molecule has 2 saturated heterocycles. The molecule has 0 saturated carbocycles. The van der Waals surface area contributed by atoms with Gasteiger partial charge in [-0.3, -0.25) is 14.4 Å². The molecule has 3 rings (SSSR count). The maximum absolute atomic E-state index is 12.7. The van der Waals surface area contributed by atoms with Gasteiger partial charge in [-0.1, -0.05) is 23.7 Å². The Balaban J connectivity index is 1.56. The molecule has 2 heterocycles. The number of para-hydroxylation sites is 1. The van der Waals surface area contributed by atoms with Gasteiger partial charge in [0.1, 0.15) is 0 Å². The number of hydrogen-bond donors (Lipinski definition) is 1. The van der Waals surface area contributed by atoms with Gasteiger partial charge in [0, 0.05) is 26.1 Å². The van der Waals surface area contributed by atoms with Crippen LogP contribution in [0.1, 0.15) is 12.8 Å². The fraction of sp³-hybridized carbons (Fsp3) is 0.500. The van der Waals surface area contributed by atoms with Crippen LogP contribution >= 0.6 is 11.6 Å². The van der Waals surface area contributed by atoms with Gasteiger partial charge in [-0.15, -0.1) is 0 Å². The Morgan fingerprint density at radius 2 is 2.04 bits per heavy atom. The first kappa shape index (κ1) is 20.6. The molecule has 8 nitrogen and oxygen atoms in total. The fourth-order valence-electron chi connectivity index (χ4n) is 3.63. The molecule has 2 aliphatic heterocycles. The quantitative estimate of drug-likeness (QED) is 0.747. The second kappa shape index (κ2) is 8.08. The van der Waals surface area contributed by atoms with Crippen molar-refractivity contribution in [2.24, 2.45) is 5.92 Å². The van der Waals surface area contributed by atoms with Crippen molar-refractivity contribution in [2.45, 2.75) is 18.9 Å². The van der Waals surface area contributed by atoms with Crippen LogP contribution in [0.15, 0.2) is 24.3 Å². The highest BCUT2D eigenvalue weighted by molar-refractivity contribution is 7.91. The van der Waals surface area contributed by atoms with Crippen LogP contribution in [-0.2, 0) is 24.2 Å². The number of benzene rings is 1. The van der Waals surface area contributed by atoms with E-state index in [0.717, 1.165) is 0 Å². The van der Waals surface area contributed by atoms with E-state index in [1.807, 2.05) is 0 Å². The normalized spacial score (nSPS) is 23.6. The Kier molecular flexibility index (Phi) is 5.95. The van der Waals surface area contributed by atoms with Crippen molar-refractivity contribution in [1.82, 2.24) is 9.80 Å². The molecule has 2 atom stereocenters. The monoisotopic (exact) mass is 427 g/mol. The minimum absolute atomic E-state index is 0.0336. The molecule has 28 heavy (non-hydrogen) atoms. The minimum Gasteiger partial charge on any atom is -0.338 e. The Hall–Kier alpha value is -2.13. The topological polar surface area (TPSA) is 104 Å². The number of likely N-dealkylation sites (tertiary alicyclic amines) is 1. The minimum atomic E-state index is -3.11. The summed E-state index contributed by atoms with van der Waals surface area (Å²) in [6.07, 6.45) is 0.441. The van der Waals surface area contributed by atoms with Gasteiger partial charge in [-0.25, -0.2) is 8.42 Å². The zero-order chi connectivity index (χ0) is 20.5. The first-order valence-corrected chi connectivity index (χ1v) is 11.2. The molecule has 1 N–H and O–H groups in total. The molecule has 0 aromatic heterocycles. The number of likely N-dealkylation sites (N-methyl/N-ethyl adjacent to an activating group) is 1. The van der Waals surface area contributed by atoms with Gasteiger partial charge in [0.2, 0.25) is 17.7 Å².